The van der Waals surface area contributed by atoms with E-state index in [1.54, 1.807) is 6.07 Å². The maximum Gasteiger partial charge on any atom is 0.0512 e. The van der Waals surface area contributed by atoms with Gasteiger partial charge in [-0.05, 0) is 47.9 Å². The van der Waals surface area contributed by atoms with Crippen molar-refractivity contribution in [3.63, 3.8) is 0 Å². The van der Waals surface area contributed by atoms with Crippen LogP contribution in [-0.4, -0.2) is 0 Å². The topological polar surface area (TPSA) is 38.0 Å². The molecule has 0 aliphatic heterocycles. The second kappa shape index (κ2) is 7.12. The van der Waals surface area contributed by atoms with Crippen LogP contribution in [0.3, 0.4) is 0 Å². The summed E-state index contributed by atoms with van der Waals surface area (Å²) in [4.78, 5) is 0. The molecule has 0 bridgehead atoms. The molecule has 0 fully saturated rings. The first-order chi connectivity index (χ1) is 9.51. The molecule has 2 rings (SSSR count). The van der Waals surface area contributed by atoms with Gasteiger partial charge in [0, 0.05) is 19.5 Å². The Bertz CT molecular complexity index is 619. The molecule has 0 amide bonds. The van der Waals surface area contributed by atoms with Crippen molar-refractivity contribution in [1.29, 1.82) is 0 Å². The number of halogens is 4. The molecule has 2 nitrogen and oxygen atoms in total. The fourth-order valence-corrected chi connectivity index (χ4v) is 3.14. The smallest absolute Gasteiger partial charge is 0.0512 e. The summed E-state index contributed by atoms with van der Waals surface area (Å²) < 4.78 is 0.940. The Morgan fingerprint density at radius 2 is 1.70 bits per heavy atom. The second-order valence-corrected chi connectivity index (χ2v) is 6.46. The molecule has 0 heterocycles. The molecule has 3 N–H and O–H groups in total. The van der Waals surface area contributed by atoms with E-state index in [0.29, 0.717) is 21.5 Å². The summed E-state index contributed by atoms with van der Waals surface area (Å²) in [7, 11) is 0. The van der Waals surface area contributed by atoms with Gasteiger partial charge in [0.15, 0.2) is 0 Å². The van der Waals surface area contributed by atoms with Crippen LogP contribution in [0.1, 0.15) is 17.2 Å². The highest BCUT2D eigenvalue weighted by atomic mass is 79.9. The Balaban J connectivity index is 2.31. The maximum atomic E-state index is 6.20. The SMILES string of the molecule is NNC(Cc1ccc(Cl)cc1Cl)c1cc(Cl)ccc1Br. The zero-order valence-electron chi connectivity index (χ0n) is 10.3. The molecule has 0 radical (unpaired) electrons. The van der Waals surface area contributed by atoms with E-state index in [-0.39, 0.29) is 6.04 Å². The van der Waals surface area contributed by atoms with E-state index in [4.69, 9.17) is 40.6 Å². The fourth-order valence-electron chi connectivity index (χ4n) is 1.95. The Labute approximate surface area is 141 Å². The van der Waals surface area contributed by atoms with E-state index < -0.39 is 0 Å². The van der Waals surface area contributed by atoms with Crippen LogP contribution in [0.2, 0.25) is 15.1 Å². The quantitative estimate of drug-likeness (QED) is 0.555. The molecule has 0 saturated heterocycles. The summed E-state index contributed by atoms with van der Waals surface area (Å²) in [6.45, 7) is 0. The summed E-state index contributed by atoms with van der Waals surface area (Å²) in [5.74, 6) is 5.67. The summed E-state index contributed by atoms with van der Waals surface area (Å²) in [5.41, 5.74) is 4.74. The number of rotatable bonds is 4. The predicted molar refractivity (Wildman–Crippen MR) is 89.4 cm³/mol. The Hall–Kier alpha value is -0.290. The van der Waals surface area contributed by atoms with Crippen molar-refractivity contribution in [2.45, 2.75) is 12.5 Å². The largest absolute Gasteiger partial charge is 0.271 e. The molecule has 6 heteroatoms. The average molecular weight is 395 g/mol. The zero-order valence-corrected chi connectivity index (χ0v) is 14.2. The van der Waals surface area contributed by atoms with Crippen LogP contribution in [0.25, 0.3) is 0 Å². The number of nitrogens with two attached hydrogens (primary N) is 1. The van der Waals surface area contributed by atoms with E-state index >= 15 is 0 Å². The van der Waals surface area contributed by atoms with Crippen LogP contribution in [0.5, 0.6) is 0 Å². The first-order valence-corrected chi connectivity index (χ1v) is 7.79. The zero-order chi connectivity index (χ0) is 14.7. The molecule has 2 aromatic carbocycles. The van der Waals surface area contributed by atoms with Crippen molar-refractivity contribution < 1.29 is 0 Å². The molecule has 0 saturated carbocycles. The molecule has 0 aliphatic carbocycles. The first-order valence-electron chi connectivity index (χ1n) is 5.86. The lowest BCUT2D eigenvalue weighted by molar-refractivity contribution is 0.550. The van der Waals surface area contributed by atoms with Crippen LogP contribution in [0.15, 0.2) is 40.9 Å². The molecule has 0 aliphatic rings. The van der Waals surface area contributed by atoms with Crippen molar-refractivity contribution in [3.8, 4) is 0 Å². The third-order valence-electron chi connectivity index (χ3n) is 2.97. The monoisotopic (exact) mass is 392 g/mol. The predicted octanol–water partition coefficient (Wildman–Crippen LogP) is 5.16. The standard InChI is InChI=1S/C14H12BrCl3N2/c15-12-4-3-9(16)6-11(12)14(20-19)5-8-1-2-10(17)7-13(8)18/h1-4,6-7,14,20H,5,19H2. The third kappa shape index (κ3) is 3.88. The van der Waals surface area contributed by atoms with E-state index in [0.717, 1.165) is 15.6 Å². The van der Waals surface area contributed by atoms with Gasteiger partial charge in [-0.25, -0.2) is 0 Å². The van der Waals surface area contributed by atoms with Crippen LogP contribution in [0, 0.1) is 0 Å². The van der Waals surface area contributed by atoms with Gasteiger partial charge in [0.05, 0.1) is 6.04 Å². The van der Waals surface area contributed by atoms with Crippen molar-refractivity contribution in [1.82, 2.24) is 5.43 Å². The number of hydrogen-bond donors (Lipinski definition) is 2. The summed E-state index contributed by atoms with van der Waals surface area (Å²) in [6, 6.07) is 10.9. The van der Waals surface area contributed by atoms with Crippen LogP contribution >= 0.6 is 50.7 Å². The molecular weight excluding hydrogens is 382 g/mol. The van der Waals surface area contributed by atoms with E-state index in [2.05, 4.69) is 21.4 Å². The van der Waals surface area contributed by atoms with Gasteiger partial charge in [0.25, 0.3) is 0 Å². The van der Waals surface area contributed by atoms with Crippen LogP contribution in [0.4, 0.5) is 0 Å². The highest BCUT2D eigenvalue weighted by molar-refractivity contribution is 9.10. The van der Waals surface area contributed by atoms with Crippen LogP contribution in [-0.2, 0) is 6.42 Å². The van der Waals surface area contributed by atoms with Gasteiger partial charge in [-0.3, -0.25) is 11.3 Å². The number of nitrogens with one attached hydrogen (secondary N) is 1. The van der Waals surface area contributed by atoms with Gasteiger partial charge >= 0.3 is 0 Å². The van der Waals surface area contributed by atoms with Crippen molar-refractivity contribution in [2.75, 3.05) is 0 Å². The second-order valence-electron chi connectivity index (χ2n) is 4.32. The molecule has 106 valence electrons. The van der Waals surface area contributed by atoms with Crippen molar-refractivity contribution in [3.05, 3.63) is 67.1 Å². The molecule has 20 heavy (non-hydrogen) atoms. The normalized spacial score (nSPS) is 12.4. The van der Waals surface area contributed by atoms with Crippen molar-refractivity contribution >= 4 is 50.7 Å². The van der Waals surface area contributed by atoms with Crippen molar-refractivity contribution in [2.24, 2.45) is 5.84 Å². The molecule has 1 unspecified atom stereocenters. The summed E-state index contributed by atoms with van der Waals surface area (Å²) in [6.07, 6.45) is 0.630. The number of benzene rings is 2. The van der Waals surface area contributed by atoms with Gasteiger partial charge in [-0.2, -0.15) is 0 Å². The lowest BCUT2D eigenvalue weighted by Gasteiger charge is -2.19. The highest BCUT2D eigenvalue weighted by Gasteiger charge is 2.16. The van der Waals surface area contributed by atoms with E-state index in [9.17, 15) is 0 Å². The Morgan fingerprint density at radius 1 is 1.05 bits per heavy atom. The van der Waals surface area contributed by atoms with Gasteiger partial charge in [0.1, 0.15) is 0 Å². The van der Waals surface area contributed by atoms with Gasteiger partial charge in [0.2, 0.25) is 0 Å². The van der Waals surface area contributed by atoms with Crippen LogP contribution < -0.4 is 11.3 Å². The lowest BCUT2D eigenvalue weighted by Crippen LogP contribution is -2.30. The first kappa shape index (κ1) is 16.1. The Kier molecular flexibility index (Phi) is 5.73. The molecule has 2 aromatic rings. The lowest BCUT2D eigenvalue weighted by atomic mass is 9.99. The minimum atomic E-state index is -0.109. The fraction of sp³-hybridized carbons (Fsp3) is 0.143. The van der Waals surface area contributed by atoms with E-state index in [1.165, 1.54) is 0 Å². The van der Waals surface area contributed by atoms with Gasteiger partial charge < -0.3 is 0 Å². The maximum absolute atomic E-state index is 6.20. The summed E-state index contributed by atoms with van der Waals surface area (Å²) >= 11 is 21.6. The van der Waals surface area contributed by atoms with Gasteiger partial charge in [-0.15, -0.1) is 0 Å². The molecular formula is C14H12BrCl3N2. The molecule has 0 aromatic heterocycles. The number of hydrogen-bond acceptors (Lipinski definition) is 2. The third-order valence-corrected chi connectivity index (χ3v) is 4.52. The molecule has 0 spiro atoms. The van der Waals surface area contributed by atoms with Gasteiger partial charge in [-0.1, -0.05) is 56.8 Å². The van der Waals surface area contributed by atoms with E-state index in [1.807, 2.05) is 30.3 Å². The molecule has 1 atom stereocenters. The highest BCUT2D eigenvalue weighted by Crippen LogP contribution is 2.31. The average Bonchev–Trinajstić information content (AvgIpc) is 2.41. The minimum absolute atomic E-state index is 0.109. The summed E-state index contributed by atoms with van der Waals surface area (Å²) in [5, 5.41) is 1.89. The minimum Gasteiger partial charge on any atom is -0.271 e. The number of hydrazine groups is 1. The Morgan fingerprint density at radius 3 is 2.35 bits per heavy atom.